The van der Waals surface area contributed by atoms with Gasteiger partial charge in [0, 0.05) is 23.3 Å². The molecule has 0 aliphatic rings. The Hall–Kier alpha value is -3.47. The summed E-state index contributed by atoms with van der Waals surface area (Å²) in [5.74, 6) is -0.325. The van der Waals surface area contributed by atoms with Crippen molar-refractivity contribution < 1.29 is 18.0 Å². The number of nitrogens with one attached hydrogen (secondary N) is 2. The normalized spacial score (nSPS) is 12.7. The van der Waals surface area contributed by atoms with Gasteiger partial charge in [-0.25, -0.2) is 15.0 Å². The van der Waals surface area contributed by atoms with Crippen molar-refractivity contribution in [3.63, 3.8) is 0 Å². The zero-order valence-corrected chi connectivity index (χ0v) is 18.0. The number of hydrogen-bond acceptors (Lipinski definition) is 6. The largest absolute Gasteiger partial charge is 0.416 e. The summed E-state index contributed by atoms with van der Waals surface area (Å²) in [7, 11) is 0. The van der Waals surface area contributed by atoms with E-state index in [1.54, 1.807) is 24.8 Å². The number of imidazole rings is 1. The van der Waals surface area contributed by atoms with E-state index in [1.807, 2.05) is 18.4 Å². The summed E-state index contributed by atoms with van der Waals surface area (Å²) in [6.45, 7) is 4.54. The molecule has 0 aliphatic heterocycles. The minimum Gasteiger partial charge on any atom is -0.343 e. The van der Waals surface area contributed by atoms with E-state index in [0.29, 0.717) is 10.8 Å². The van der Waals surface area contributed by atoms with Crippen molar-refractivity contribution in [1.29, 1.82) is 0 Å². The van der Waals surface area contributed by atoms with Crippen molar-refractivity contribution in [3.8, 4) is 0 Å². The van der Waals surface area contributed by atoms with Gasteiger partial charge < -0.3 is 15.2 Å². The molecule has 3 heterocycles. The number of nitrogens with zero attached hydrogens (tertiary/aromatic N) is 4. The van der Waals surface area contributed by atoms with E-state index in [9.17, 15) is 18.0 Å². The molecule has 0 unspecified atom stereocenters. The molecule has 0 fully saturated rings. The van der Waals surface area contributed by atoms with Crippen molar-refractivity contribution >= 4 is 39.1 Å². The summed E-state index contributed by atoms with van der Waals surface area (Å²) in [5.41, 5.74) is 1.61. The molecule has 4 rings (SSSR count). The Morgan fingerprint density at radius 3 is 2.59 bits per heavy atom. The van der Waals surface area contributed by atoms with Crippen LogP contribution in [-0.4, -0.2) is 25.4 Å². The second-order valence-corrected chi connectivity index (χ2v) is 8.11. The molecule has 0 bridgehead atoms. The van der Waals surface area contributed by atoms with Gasteiger partial charge in [0.15, 0.2) is 5.13 Å². The van der Waals surface area contributed by atoms with Crippen molar-refractivity contribution in [2.24, 2.45) is 0 Å². The zero-order valence-electron chi connectivity index (χ0n) is 17.1. The number of benzene rings is 1. The number of aromatic nitrogens is 4. The van der Waals surface area contributed by atoms with Crippen molar-refractivity contribution in [2.75, 3.05) is 5.32 Å². The van der Waals surface area contributed by atoms with Crippen LogP contribution in [0.3, 0.4) is 0 Å². The van der Waals surface area contributed by atoms with Gasteiger partial charge in [-0.15, -0.1) is 0 Å². The smallest absolute Gasteiger partial charge is 0.343 e. The second-order valence-electron chi connectivity index (χ2n) is 7.05. The molecule has 1 aromatic carbocycles. The molecule has 4 aromatic rings. The Morgan fingerprint density at radius 2 is 1.91 bits per heavy atom. The number of rotatable bonds is 6. The number of alkyl halides is 3. The van der Waals surface area contributed by atoms with E-state index >= 15 is 0 Å². The maximum absolute atomic E-state index is 12.7. The number of amides is 1. The lowest BCUT2D eigenvalue weighted by atomic mass is 10.2. The maximum atomic E-state index is 12.7. The first-order chi connectivity index (χ1) is 15.2. The topological polar surface area (TPSA) is 84.7 Å². The molecule has 1 atom stereocenters. The molecule has 3 aromatic heterocycles. The van der Waals surface area contributed by atoms with Crippen molar-refractivity contribution in [2.45, 2.75) is 32.6 Å². The fourth-order valence-corrected chi connectivity index (χ4v) is 3.93. The highest BCUT2D eigenvalue weighted by molar-refractivity contribution is 7.15. The second kappa shape index (κ2) is 8.58. The molecule has 166 valence electrons. The van der Waals surface area contributed by atoms with Crippen LogP contribution in [0.1, 0.15) is 40.8 Å². The third-order valence-corrected chi connectivity index (χ3v) is 5.94. The monoisotopic (exact) mass is 460 g/mol. The average Bonchev–Trinajstić information content (AvgIpc) is 3.39. The highest BCUT2D eigenvalue weighted by atomic mass is 32.1. The molecule has 11 heteroatoms. The molecule has 1 amide bonds. The molecule has 0 spiro atoms. The number of hydrogen-bond donors (Lipinski definition) is 2. The molecule has 0 saturated heterocycles. The lowest BCUT2D eigenvalue weighted by Crippen LogP contribution is -2.26. The molecule has 0 saturated carbocycles. The summed E-state index contributed by atoms with van der Waals surface area (Å²) >= 11 is 1.30. The third kappa shape index (κ3) is 4.57. The minimum atomic E-state index is -4.38. The molecule has 0 aliphatic carbocycles. The van der Waals surface area contributed by atoms with E-state index in [-0.39, 0.29) is 17.6 Å². The van der Waals surface area contributed by atoms with E-state index in [1.165, 1.54) is 23.5 Å². The quantitative estimate of drug-likeness (QED) is 0.415. The van der Waals surface area contributed by atoms with Gasteiger partial charge >= 0.3 is 6.18 Å². The fraction of sp³-hybridized carbons (Fsp3) is 0.238. The van der Waals surface area contributed by atoms with E-state index in [0.717, 1.165) is 34.6 Å². The van der Waals surface area contributed by atoms with E-state index in [4.69, 9.17) is 0 Å². The van der Waals surface area contributed by atoms with Crippen LogP contribution in [-0.2, 0) is 12.7 Å². The van der Waals surface area contributed by atoms with Gasteiger partial charge in [-0.2, -0.15) is 13.2 Å². The number of anilines is 2. The number of carbonyl (C=O) groups is 1. The first-order valence-corrected chi connectivity index (χ1v) is 10.6. The first kappa shape index (κ1) is 21.8. The Balaban J connectivity index is 1.42. The minimum absolute atomic E-state index is 0.284. The van der Waals surface area contributed by atoms with E-state index in [2.05, 4.69) is 25.6 Å². The van der Waals surface area contributed by atoms with Gasteiger partial charge in [0.2, 0.25) is 0 Å². The lowest BCUT2D eigenvalue weighted by molar-refractivity contribution is -0.137. The van der Waals surface area contributed by atoms with Crippen LogP contribution in [0.25, 0.3) is 11.0 Å². The fourth-order valence-electron chi connectivity index (χ4n) is 3.09. The summed E-state index contributed by atoms with van der Waals surface area (Å²) < 4.78 is 40.0. The number of fused-ring (bicyclic) bond motifs is 1. The SMILES string of the molecule is CCn1cnc2cnc(C(=O)N[C@H](C)c3cnc(Nc4ccc(C(F)(F)F)cc4)s3)cc21. The number of carbonyl (C=O) groups excluding carboxylic acids is 1. The Bertz CT molecular complexity index is 1250. The lowest BCUT2D eigenvalue weighted by Gasteiger charge is -2.11. The van der Waals surface area contributed by atoms with Gasteiger partial charge in [-0.05, 0) is 44.2 Å². The van der Waals surface area contributed by atoms with Crippen LogP contribution in [0, 0.1) is 0 Å². The average molecular weight is 460 g/mol. The van der Waals surface area contributed by atoms with Crippen LogP contribution < -0.4 is 10.6 Å². The van der Waals surface area contributed by atoms with Gasteiger partial charge in [0.05, 0.1) is 29.6 Å². The van der Waals surface area contributed by atoms with Gasteiger partial charge in [-0.1, -0.05) is 11.3 Å². The molecule has 2 N–H and O–H groups in total. The van der Waals surface area contributed by atoms with Crippen LogP contribution >= 0.6 is 11.3 Å². The maximum Gasteiger partial charge on any atom is 0.416 e. The molecule has 32 heavy (non-hydrogen) atoms. The van der Waals surface area contributed by atoms with Crippen molar-refractivity contribution in [3.05, 3.63) is 65.2 Å². The third-order valence-electron chi connectivity index (χ3n) is 4.84. The number of halogens is 3. The summed E-state index contributed by atoms with van der Waals surface area (Å²) in [6.07, 6.45) is 0.514. The molecule has 7 nitrogen and oxygen atoms in total. The van der Waals surface area contributed by atoms with E-state index < -0.39 is 11.7 Å². The van der Waals surface area contributed by atoms with Crippen LogP contribution in [0.15, 0.2) is 49.1 Å². The van der Waals surface area contributed by atoms with Gasteiger partial charge in [0.25, 0.3) is 5.91 Å². The van der Waals surface area contributed by atoms with Gasteiger partial charge in [-0.3, -0.25) is 4.79 Å². The summed E-state index contributed by atoms with van der Waals surface area (Å²) in [4.78, 5) is 26.2. The molecular weight excluding hydrogens is 441 g/mol. The zero-order chi connectivity index (χ0) is 22.9. The summed E-state index contributed by atoms with van der Waals surface area (Å²) in [6, 6.07) is 6.08. The predicted octanol–water partition coefficient (Wildman–Crippen LogP) is 5.16. The number of pyridine rings is 1. The molecular formula is C21H19F3N6OS. The van der Waals surface area contributed by atoms with Gasteiger partial charge in [0.1, 0.15) is 11.2 Å². The van der Waals surface area contributed by atoms with Crippen molar-refractivity contribution in [1.82, 2.24) is 24.8 Å². The number of thiazole rings is 1. The van der Waals surface area contributed by atoms with Crippen LogP contribution in [0.5, 0.6) is 0 Å². The van der Waals surface area contributed by atoms with Crippen LogP contribution in [0.2, 0.25) is 0 Å². The molecule has 0 radical (unpaired) electrons. The van der Waals surface area contributed by atoms with Crippen LogP contribution in [0.4, 0.5) is 24.0 Å². The Kier molecular flexibility index (Phi) is 5.83. The first-order valence-electron chi connectivity index (χ1n) is 9.76. The highest BCUT2D eigenvalue weighted by Gasteiger charge is 2.30. The standard InChI is InChI=1S/C21H19F3N6OS/c1-3-30-11-27-16-9-25-15(8-17(16)30)19(31)28-12(2)18-10-26-20(32-18)29-14-6-4-13(5-7-14)21(22,23)24/h4-12H,3H2,1-2H3,(H,26,29)(H,28,31)/t12-/m1/s1. The summed E-state index contributed by atoms with van der Waals surface area (Å²) in [5, 5.41) is 6.38. The highest BCUT2D eigenvalue weighted by Crippen LogP contribution is 2.31. The Morgan fingerprint density at radius 1 is 1.16 bits per heavy atom. The Labute approximate surface area is 185 Å². The number of aryl methyl sites for hydroxylation is 1. The predicted molar refractivity (Wildman–Crippen MR) is 116 cm³/mol.